The molecule has 2 aromatic rings. The van der Waals surface area contributed by atoms with Crippen LogP contribution in [-0.2, 0) is 24.2 Å². The minimum Gasteiger partial charge on any atom is -0.444 e. The molecule has 1 atom stereocenters. The third-order valence-corrected chi connectivity index (χ3v) is 4.74. The number of amides is 1. The summed E-state index contributed by atoms with van der Waals surface area (Å²) in [5, 5.41) is 11.8. The zero-order chi connectivity index (χ0) is 21.2. The van der Waals surface area contributed by atoms with Crippen LogP contribution < -0.4 is 5.32 Å². The van der Waals surface area contributed by atoms with Gasteiger partial charge in [-0.25, -0.2) is 9.18 Å². The fourth-order valence-corrected chi connectivity index (χ4v) is 3.44. The number of fused-ring (bicyclic) bond motifs is 1. The molecule has 1 aliphatic rings. The first kappa shape index (κ1) is 20.8. The van der Waals surface area contributed by atoms with E-state index in [2.05, 4.69) is 29.4 Å². The second kappa shape index (κ2) is 8.22. The van der Waals surface area contributed by atoms with Crippen molar-refractivity contribution in [2.24, 2.45) is 0 Å². The lowest BCUT2D eigenvalue weighted by molar-refractivity contribution is 0.0515. The summed E-state index contributed by atoms with van der Waals surface area (Å²) in [5.74, 6) is -0.397. The molecule has 1 aliphatic heterocycles. The molecule has 0 fully saturated rings. The van der Waals surface area contributed by atoms with Gasteiger partial charge >= 0.3 is 6.09 Å². The number of nitrogens with zero attached hydrogens (tertiary/aromatic N) is 2. The summed E-state index contributed by atoms with van der Waals surface area (Å²) in [6, 6.07) is 12.3. The standard InChI is InChI=1S/C23H26FN3O2/c1-23(2,3)29-22(28)26-20(12-25)10-17-7-5-16(11-21(17)24)15-6-8-18-13-27(4)14-19(18)9-15/h5-9,11,20H,10,13-14H2,1-4H3,(H,26,28). The van der Waals surface area contributed by atoms with Crippen LogP contribution in [-0.4, -0.2) is 29.7 Å². The minimum atomic E-state index is -0.874. The van der Waals surface area contributed by atoms with E-state index in [1.165, 1.54) is 17.2 Å². The summed E-state index contributed by atoms with van der Waals surface area (Å²) < 4.78 is 19.9. The SMILES string of the molecule is CN1Cc2ccc(-c3ccc(CC(C#N)NC(=O)OC(C)(C)C)c(F)c3)cc2C1. The number of halogens is 1. The highest BCUT2D eigenvalue weighted by Crippen LogP contribution is 2.29. The number of nitrogens with one attached hydrogen (secondary N) is 1. The van der Waals surface area contributed by atoms with E-state index in [-0.39, 0.29) is 6.42 Å². The van der Waals surface area contributed by atoms with E-state index >= 15 is 0 Å². The van der Waals surface area contributed by atoms with Gasteiger partial charge in [0, 0.05) is 19.5 Å². The highest BCUT2D eigenvalue weighted by Gasteiger charge is 2.21. The third kappa shape index (κ3) is 5.33. The van der Waals surface area contributed by atoms with Gasteiger partial charge in [0.25, 0.3) is 0 Å². The lowest BCUT2D eigenvalue weighted by Gasteiger charge is -2.21. The van der Waals surface area contributed by atoms with Crippen molar-refractivity contribution in [3.05, 3.63) is 58.9 Å². The summed E-state index contributed by atoms with van der Waals surface area (Å²) in [7, 11) is 2.07. The topological polar surface area (TPSA) is 65.4 Å². The maximum Gasteiger partial charge on any atom is 0.408 e. The van der Waals surface area contributed by atoms with Crippen molar-refractivity contribution in [3.63, 3.8) is 0 Å². The van der Waals surface area contributed by atoms with Crippen molar-refractivity contribution in [1.29, 1.82) is 5.26 Å². The van der Waals surface area contributed by atoms with Gasteiger partial charge in [0.05, 0.1) is 6.07 Å². The molecular formula is C23H26FN3O2. The molecule has 0 radical (unpaired) electrons. The zero-order valence-electron chi connectivity index (χ0n) is 17.3. The van der Waals surface area contributed by atoms with Crippen molar-refractivity contribution < 1.29 is 13.9 Å². The molecule has 152 valence electrons. The smallest absolute Gasteiger partial charge is 0.408 e. The Bertz CT molecular complexity index is 960. The first-order valence-electron chi connectivity index (χ1n) is 9.63. The molecule has 2 aromatic carbocycles. The molecule has 1 heterocycles. The van der Waals surface area contributed by atoms with Gasteiger partial charge in [-0.1, -0.05) is 24.3 Å². The van der Waals surface area contributed by atoms with Gasteiger partial charge in [-0.2, -0.15) is 5.26 Å². The Morgan fingerprint density at radius 2 is 1.86 bits per heavy atom. The van der Waals surface area contributed by atoms with E-state index in [1.807, 2.05) is 18.2 Å². The monoisotopic (exact) mass is 395 g/mol. The van der Waals surface area contributed by atoms with Crippen molar-refractivity contribution in [3.8, 4) is 17.2 Å². The average Bonchev–Trinajstić information content (AvgIpc) is 3.00. The van der Waals surface area contributed by atoms with E-state index in [0.717, 1.165) is 24.2 Å². The van der Waals surface area contributed by atoms with Gasteiger partial charge in [-0.3, -0.25) is 4.90 Å². The first-order chi connectivity index (χ1) is 13.6. The van der Waals surface area contributed by atoms with Crippen LogP contribution in [0.25, 0.3) is 11.1 Å². The molecule has 1 N–H and O–H groups in total. The number of carbonyl (C=O) groups excluding carboxylic acids is 1. The molecule has 29 heavy (non-hydrogen) atoms. The van der Waals surface area contributed by atoms with Crippen LogP contribution in [0, 0.1) is 17.1 Å². The van der Waals surface area contributed by atoms with Crippen molar-refractivity contribution in [1.82, 2.24) is 10.2 Å². The normalized spacial score (nSPS) is 14.8. The molecule has 3 rings (SSSR count). The van der Waals surface area contributed by atoms with E-state index in [0.29, 0.717) is 5.56 Å². The lowest BCUT2D eigenvalue weighted by atomic mass is 9.98. The van der Waals surface area contributed by atoms with E-state index in [4.69, 9.17) is 4.74 Å². The van der Waals surface area contributed by atoms with Crippen LogP contribution in [0.15, 0.2) is 36.4 Å². The van der Waals surface area contributed by atoms with Gasteiger partial charge in [-0.05, 0) is 67.8 Å². The number of alkyl carbamates (subject to hydrolysis) is 1. The molecule has 0 spiro atoms. The van der Waals surface area contributed by atoms with E-state index < -0.39 is 23.6 Å². The number of nitriles is 1. The number of carbonyl (C=O) groups is 1. The summed E-state index contributed by atoms with van der Waals surface area (Å²) in [6.45, 7) is 7.04. The van der Waals surface area contributed by atoms with Gasteiger partial charge in [0.2, 0.25) is 0 Å². The Morgan fingerprint density at radius 3 is 2.52 bits per heavy atom. The highest BCUT2D eigenvalue weighted by molar-refractivity contribution is 5.69. The molecule has 0 bridgehead atoms. The fourth-order valence-electron chi connectivity index (χ4n) is 3.44. The van der Waals surface area contributed by atoms with Gasteiger partial charge in [-0.15, -0.1) is 0 Å². The Kier molecular flexibility index (Phi) is 5.90. The second-order valence-corrected chi connectivity index (χ2v) is 8.49. The molecule has 5 nitrogen and oxygen atoms in total. The Hall–Kier alpha value is -2.91. The van der Waals surface area contributed by atoms with Crippen LogP contribution >= 0.6 is 0 Å². The maximum absolute atomic E-state index is 14.7. The summed E-state index contributed by atoms with van der Waals surface area (Å²) >= 11 is 0. The number of benzene rings is 2. The molecule has 1 amide bonds. The molecule has 0 aromatic heterocycles. The third-order valence-electron chi connectivity index (χ3n) is 4.74. The van der Waals surface area contributed by atoms with Crippen LogP contribution in [0.5, 0.6) is 0 Å². The first-order valence-corrected chi connectivity index (χ1v) is 9.63. The minimum absolute atomic E-state index is 0.0663. The van der Waals surface area contributed by atoms with Gasteiger partial charge < -0.3 is 10.1 Å². The van der Waals surface area contributed by atoms with Gasteiger partial charge in [0.15, 0.2) is 0 Å². The number of hydrogen-bond donors (Lipinski definition) is 1. The lowest BCUT2D eigenvalue weighted by Crippen LogP contribution is -2.39. The molecule has 6 heteroatoms. The highest BCUT2D eigenvalue weighted by atomic mass is 19.1. The van der Waals surface area contributed by atoms with Crippen molar-refractivity contribution in [2.75, 3.05) is 7.05 Å². The predicted octanol–water partition coefficient (Wildman–Crippen LogP) is 4.40. The number of ether oxygens (including phenoxy) is 1. The van der Waals surface area contributed by atoms with Crippen LogP contribution in [0.3, 0.4) is 0 Å². The summed E-state index contributed by atoms with van der Waals surface area (Å²) in [4.78, 5) is 14.1. The second-order valence-electron chi connectivity index (χ2n) is 8.49. The summed E-state index contributed by atoms with van der Waals surface area (Å²) in [5.41, 5.74) is 4.03. The predicted molar refractivity (Wildman–Crippen MR) is 109 cm³/mol. The van der Waals surface area contributed by atoms with Crippen LogP contribution in [0.4, 0.5) is 9.18 Å². The maximum atomic E-state index is 14.7. The van der Waals surface area contributed by atoms with Crippen molar-refractivity contribution in [2.45, 2.75) is 51.9 Å². The largest absolute Gasteiger partial charge is 0.444 e. The molecular weight excluding hydrogens is 369 g/mol. The fraction of sp³-hybridized carbons (Fsp3) is 0.391. The zero-order valence-corrected chi connectivity index (χ0v) is 17.3. The Balaban J connectivity index is 1.72. The van der Waals surface area contributed by atoms with E-state index in [9.17, 15) is 14.4 Å². The molecule has 0 aliphatic carbocycles. The molecule has 0 saturated heterocycles. The van der Waals surface area contributed by atoms with E-state index in [1.54, 1.807) is 26.8 Å². The van der Waals surface area contributed by atoms with Crippen LogP contribution in [0.1, 0.15) is 37.5 Å². The number of hydrogen-bond acceptors (Lipinski definition) is 4. The number of rotatable bonds is 4. The quantitative estimate of drug-likeness (QED) is 0.833. The van der Waals surface area contributed by atoms with Crippen molar-refractivity contribution >= 4 is 6.09 Å². The van der Waals surface area contributed by atoms with Crippen LogP contribution in [0.2, 0.25) is 0 Å². The molecule has 1 unspecified atom stereocenters. The summed E-state index contributed by atoms with van der Waals surface area (Å²) in [6.07, 6.45) is -0.624. The average molecular weight is 395 g/mol. The molecule has 0 saturated carbocycles. The Labute approximate surface area is 171 Å². The van der Waals surface area contributed by atoms with Gasteiger partial charge in [0.1, 0.15) is 17.5 Å². The Morgan fingerprint density at radius 1 is 1.21 bits per heavy atom.